The molecule has 0 atom stereocenters. The van der Waals surface area contributed by atoms with Gasteiger partial charge in [0.25, 0.3) is 0 Å². The molecule has 0 aliphatic heterocycles. The number of halogens is 3. The molecule has 0 unspecified atom stereocenters. The minimum atomic E-state index is 0.440. The molecule has 2 rings (SSSR count). The first kappa shape index (κ1) is 14.0. The Morgan fingerprint density at radius 3 is 2.00 bits per heavy atom. The van der Waals surface area contributed by atoms with Gasteiger partial charge in [0.1, 0.15) is 5.15 Å². The van der Waals surface area contributed by atoms with Crippen LogP contribution in [0.15, 0.2) is 21.1 Å². The second-order valence-electron chi connectivity index (χ2n) is 4.16. The van der Waals surface area contributed by atoms with Crippen molar-refractivity contribution in [1.29, 1.82) is 0 Å². The van der Waals surface area contributed by atoms with Gasteiger partial charge >= 0.3 is 0 Å². The zero-order chi connectivity index (χ0) is 13.4. The zero-order valence-electron chi connectivity index (χ0n) is 10.2. The van der Waals surface area contributed by atoms with Gasteiger partial charge in [0.2, 0.25) is 0 Å². The lowest BCUT2D eigenvalue weighted by molar-refractivity contribution is 1.09. The fourth-order valence-electron chi connectivity index (χ4n) is 1.73. The van der Waals surface area contributed by atoms with Crippen molar-refractivity contribution in [3.05, 3.63) is 43.1 Å². The maximum Gasteiger partial charge on any atom is 0.161 e. The quantitative estimate of drug-likeness (QED) is 0.622. The van der Waals surface area contributed by atoms with Gasteiger partial charge < -0.3 is 0 Å². The summed E-state index contributed by atoms with van der Waals surface area (Å²) in [6.45, 7) is 6.00. The number of hydrogen-bond donors (Lipinski definition) is 0. The van der Waals surface area contributed by atoms with Crippen molar-refractivity contribution in [3.63, 3.8) is 0 Å². The van der Waals surface area contributed by atoms with Crippen LogP contribution in [0.1, 0.15) is 16.8 Å². The molecule has 2 nitrogen and oxygen atoms in total. The van der Waals surface area contributed by atoms with E-state index in [-0.39, 0.29) is 0 Å². The molecule has 0 fully saturated rings. The molecule has 1 heterocycles. The van der Waals surface area contributed by atoms with Crippen LogP contribution in [-0.4, -0.2) is 9.97 Å². The molecule has 1 aromatic carbocycles. The van der Waals surface area contributed by atoms with E-state index in [1.54, 1.807) is 0 Å². The van der Waals surface area contributed by atoms with Crippen LogP contribution in [0.3, 0.4) is 0 Å². The summed E-state index contributed by atoms with van der Waals surface area (Å²) >= 11 is 13.0. The summed E-state index contributed by atoms with van der Waals surface area (Å²) in [5.41, 5.74) is 4.13. The van der Waals surface area contributed by atoms with Crippen LogP contribution in [0.25, 0.3) is 11.4 Å². The summed E-state index contributed by atoms with van der Waals surface area (Å²) in [5.74, 6) is 0.652. The molecule has 5 heteroatoms. The van der Waals surface area contributed by atoms with Gasteiger partial charge in [-0.25, -0.2) is 9.97 Å². The van der Waals surface area contributed by atoms with Gasteiger partial charge in [-0.1, -0.05) is 27.5 Å². The third-order valence-electron chi connectivity index (χ3n) is 2.67. The van der Waals surface area contributed by atoms with Crippen LogP contribution in [-0.2, 0) is 0 Å². The highest BCUT2D eigenvalue weighted by molar-refractivity contribution is 9.11. The summed E-state index contributed by atoms with van der Waals surface area (Å²) < 4.78 is 1.87. The Kier molecular flexibility index (Phi) is 4.09. The van der Waals surface area contributed by atoms with Gasteiger partial charge in [-0.05, 0) is 60.0 Å². The Hall–Kier alpha value is -0.450. The van der Waals surface area contributed by atoms with E-state index in [0.29, 0.717) is 11.0 Å². The molecule has 94 valence electrons. The van der Waals surface area contributed by atoms with Crippen LogP contribution < -0.4 is 0 Å². The molecule has 1 aromatic heterocycles. The van der Waals surface area contributed by atoms with Gasteiger partial charge in [0.05, 0.1) is 10.2 Å². The number of hydrogen-bond acceptors (Lipinski definition) is 2. The Labute approximate surface area is 128 Å². The van der Waals surface area contributed by atoms with Crippen molar-refractivity contribution in [3.8, 4) is 11.4 Å². The summed E-state index contributed by atoms with van der Waals surface area (Å²) in [5, 5.41) is 0.440. The third kappa shape index (κ3) is 2.60. The number of nitrogens with zero attached hydrogens (tertiary/aromatic N) is 2. The van der Waals surface area contributed by atoms with E-state index < -0.39 is 0 Å². The van der Waals surface area contributed by atoms with Crippen molar-refractivity contribution < 1.29 is 0 Å². The van der Waals surface area contributed by atoms with Gasteiger partial charge in [0.15, 0.2) is 5.82 Å². The Morgan fingerprint density at radius 1 is 0.944 bits per heavy atom. The highest BCUT2D eigenvalue weighted by Gasteiger charge is 2.11. The molecule has 0 aliphatic carbocycles. The number of rotatable bonds is 1. The summed E-state index contributed by atoms with van der Waals surface area (Å²) in [7, 11) is 0. The van der Waals surface area contributed by atoms with Crippen molar-refractivity contribution in [2.75, 3.05) is 0 Å². The van der Waals surface area contributed by atoms with E-state index in [1.165, 1.54) is 0 Å². The molecule has 0 saturated carbocycles. The molecule has 0 N–H and O–H groups in total. The van der Waals surface area contributed by atoms with E-state index in [1.807, 2.05) is 20.8 Å². The minimum Gasteiger partial charge on any atom is -0.232 e. The summed E-state index contributed by atoms with van der Waals surface area (Å²) in [4.78, 5) is 8.77. The maximum absolute atomic E-state index is 6.07. The van der Waals surface area contributed by atoms with E-state index in [9.17, 15) is 0 Å². The van der Waals surface area contributed by atoms with Crippen LogP contribution in [0.4, 0.5) is 0 Å². The van der Waals surface area contributed by atoms with Crippen molar-refractivity contribution >= 4 is 43.5 Å². The number of aryl methyl sites for hydroxylation is 3. The Morgan fingerprint density at radius 2 is 1.50 bits per heavy atom. The summed E-state index contributed by atoms with van der Waals surface area (Å²) in [6.07, 6.45) is 0. The van der Waals surface area contributed by atoms with Crippen LogP contribution >= 0.6 is 43.5 Å². The zero-order valence-corrected chi connectivity index (χ0v) is 14.1. The fourth-order valence-corrected chi connectivity index (χ4v) is 2.35. The van der Waals surface area contributed by atoms with Crippen molar-refractivity contribution in [1.82, 2.24) is 9.97 Å². The molecule has 0 aliphatic rings. The van der Waals surface area contributed by atoms with Crippen LogP contribution in [0, 0.1) is 20.8 Å². The smallest absolute Gasteiger partial charge is 0.161 e. The van der Waals surface area contributed by atoms with E-state index >= 15 is 0 Å². The van der Waals surface area contributed by atoms with Gasteiger partial charge in [-0.2, -0.15) is 0 Å². The first-order chi connectivity index (χ1) is 8.40. The predicted molar refractivity (Wildman–Crippen MR) is 82.1 cm³/mol. The maximum atomic E-state index is 6.07. The van der Waals surface area contributed by atoms with Crippen molar-refractivity contribution in [2.24, 2.45) is 0 Å². The number of aromatic nitrogens is 2. The topological polar surface area (TPSA) is 25.8 Å². The minimum absolute atomic E-state index is 0.440. The van der Waals surface area contributed by atoms with Gasteiger partial charge in [0, 0.05) is 10.0 Å². The molecule has 2 aromatic rings. The van der Waals surface area contributed by atoms with Crippen molar-refractivity contribution in [2.45, 2.75) is 20.8 Å². The van der Waals surface area contributed by atoms with Crippen LogP contribution in [0.5, 0.6) is 0 Å². The molecule has 0 amide bonds. The van der Waals surface area contributed by atoms with Gasteiger partial charge in [-0.3, -0.25) is 0 Å². The lowest BCUT2D eigenvalue weighted by Gasteiger charge is -2.09. The third-order valence-corrected chi connectivity index (χ3v) is 5.37. The Bertz CT molecular complexity index is 525. The average molecular weight is 391 g/mol. The van der Waals surface area contributed by atoms with E-state index in [2.05, 4.69) is 54.0 Å². The standard InChI is InChI=1S/C13H11Br2ClN2/c1-6-4-9(5-7(2)10(6)14)13-17-8(3)11(15)12(16)18-13/h4-5H,1-3H3. The highest BCUT2D eigenvalue weighted by atomic mass is 79.9. The van der Waals surface area contributed by atoms with Gasteiger partial charge in [-0.15, -0.1) is 0 Å². The fraction of sp³-hybridized carbons (Fsp3) is 0.231. The molecular weight excluding hydrogens is 379 g/mol. The molecule has 0 bridgehead atoms. The Balaban J connectivity index is 2.63. The molecule has 18 heavy (non-hydrogen) atoms. The van der Waals surface area contributed by atoms with Crippen LogP contribution in [0.2, 0.25) is 5.15 Å². The first-order valence-electron chi connectivity index (χ1n) is 5.37. The molecule has 0 saturated heterocycles. The molecular formula is C13H11Br2ClN2. The number of benzene rings is 1. The molecule has 0 spiro atoms. The monoisotopic (exact) mass is 388 g/mol. The summed E-state index contributed by atoms with van der Waals surface area (Å²) in [6, 6.07) is 4.10. The normalized spacial score (nSPS) is 10.8. The largest absolute Gasteiger partial charge is 0.232 e. The highest BCUT2D eigenvalue weighted by Crippen LogP contribution is 2.30. The van der Waals surface area contributed by atoms with E-state index in [0.717, 1.165) is 31.3 Å². The van der Waals surface area contributed by atoms with E-state index in [4.69, 9.17) is 11.6 Å². The lowest BCUT2D eigenvalue weighted by Crippen LogP contribution is -1.96. The molecule has 0 radical (unpaired) electrons. The second-order valence-corrected chi connectivity index (χ2v) is 6.11. The predicted octanol–water partition coefficient (Wildman–Crippen LogP) is 5.25. The second kappa shape index (κ2) is 5.27. The first-order valence-corrected chi connectivity index (χ1v) is 7.33. The SMILES string of the molecule is Cc1cc(-c2nc(C)c(Br)c(Cl)n2)cc(C)c1Br. The average Bonchev–Trinajstić information content (AvgIpc) is 2.31. The lowest BCUT2D eigenvalue weighted by atomic mass is 10.1.